The van der Waals surface area contributed by atoms with E-state index in [1.54, 1.807) is 7.05 Å². The van der Waals surface area contributed by atoms with E-state index in [0.29, 0.717) is 0 Å². The van der Waals surface area contributed by atoms with Crippen molar-refractivity contribution in [2.45, 2.75) is 54.9 Å². The lowest BCUT2D eigenvalue weighted by atomic mass is 10.1. The van der Waals surface area contributed by atoms with Crippen molar-refractivity contribution < 1.29 is 0 Å². The first-order valence-electron chi connectivity index (χ1n) is 10.8. The summed E-state index contributed by atoms with van der Waals surface area (Å²) >= 11 is 0. The molecule has 31 heavy (non-hydrogen) atoms. The third kappa shape index (κ3) is 11.7. The van der Waals surface area contributed by atoms with Crippen LogP contribution in [0.5, 0.6) is 0 Å². The third-order valence-corrected chi connectivity index (χ3v) is 4.60. The van der Waals surface area contributed by atoms with Crippen molar-refractivity contribution >= 4 is 22.7 Å². The molecule has 0 spiro atoms. The molecule has 0 radical (unpaired) electrons. The molecule has 2 heteroatoms. The Hall–Kier alpha value is -3.00. The highest BCUT2D eigenvalue weighted by Crippen LogP contribution is 2.14. The van der Waals surface area contributed by atoms with E-state index < -0.39 is 0 Å². The van der Waals surface area contributed by atoms with E-state index in [4.69, 9.17) is 0 Å². The second-order valence-electron chi connectivity index (χ2n) is 7.15. The largest absolute Gasteiger partial charge is 0.296 e. The lowest BCUT2D eigenvalue weighted by Crippen LogP contribution is -1.93. The summed E-state index contributed by atoms with van der Waals surface area (Å²) in [6, 6.07) is 14.9. The van der Waals surface area contributed by atoms with Gasteiger partial charge in [-0.15, -0.1) is 0 Å². The molecule has 0 aromatic heterocycles. The zero-order valence-electron chi connectivity index (χ0n) is 20.7. The average Bonchev–Trinajstić information content (AvgIpc) is 2.78. The fourth-order valence-electron chi connectivity index (χ4n) is 2.45. The highest BCUT2D eigenvalue weighted by molar-refractivity contribution is 5.97. The Kier molecular flexibility index (Phi) is 15.1. The van der Waals surface area contributed by atoms with Crippen LogP contribution in [0.25, 0.3) is 10.8 Å². The van der Waals surface area contributed by atoms with E-state index in [2.05, 4.69) is 72.9 Å². The smallest absolute Gasteiger partial charge is 0.0395 e. The van der Waals surface area contributed by atoms with Crippen LogP contribution in [0, 0.1) is 6.92 Å². The van der Waals surface area contributed by atoms with Crippen LogP contribution in [0.1, 0.15) is 53.5 Å². The zero-order valence-corrected chi connectivity index (χ0v) is 20.7. The molecule has 0 heterocycles. The predicted molar refractivity (Wildman–Crippen MR) is 144 cm³/mol. The number of hydrogen-bond acceptors (Lipinski definition) is 2. The minimum absolute atomic E-state index is 0.943. The molecule has 0 N–H and O–H groups in total. The summed E-state index contributed by atoms with van der Waals surface area (Å²) in [5.74, 6) is 0. The molecule has 0 bridgehead atoms. The van der Waals surface area contributed by atoms with Gasteiger partial charge in [0, 0.05) is 25.2 Å². The lowest BCUT2D eigenvalue weighted by Gasteiger charge is -2.03. The summed E-state index contributed by atoms with van der Waals surface area (Å²) in [4.78, 5) is 8.44. The molecule has 0 aliphatic heterocycles. The van der Waals surface area contributed by atoms with Crippen molar-refractivity contribution in [1.82, 2.24) is 0 Å². The van der Waals surface area contributed by atoms with Gasteiger partial charge in [-0.3, -0.25) is 9.98 Å². The highest BCUT2D eigenvalue weighted by Gasteiger charge is 1.99. The monoisotopic (exact) mass is 416 g/mol. The van der Waals surface area contributed by atoms with E-state index in [9.17, 15) is 0 Å². The SMILES string of the molecule is C/C=C\C.C=C(C)C(C)=N/C=C(CC)/C(C=NC)=C/C.Cc1ccc2ccccc2c1. The van der Waals surface area contributed by atoms with Gasteiger partial charge in [0.05, 0.1) is 0 Å². The number of aryl methyl sites for hydroxylation is 1. The summed E-state index contributed by atoms with van der Waals surface area (Å²) in [6.07, 6.45) is 10.8. The number of aliphatic imine (C=N–C) groups is 2. The Morgan fingerprint density at radius 2 is 1.58 bits per heavy atom. The van der Waals surface area contributed by atoms with E-state index in [1.807, 2.05) is 65.3 Å². The van der Waals surface area contributed by atoms with Gasteiger partial charge in [0.1, 0.15) is 0 Å². The summed E-state index contributed by atoms with van der Waals surface area (Å²) in [5, 5.41) is 2.64. The van der Waals surface area contributed by atoms with Crippen LogP contribution < -0.4 is 0 Å². The van der Waals surface area contributed by atoms with Gasteiger partial charge in [-0.25, -0.2) is 0 Å². The molecule has 0 fully saturated rings. The highest BCUT2D eigenvalue weighted by atomic mass is 14.7. The van der Waals surface area contributed by atoms with E-state index >= 15 is 0 Å². The maximum atomic E-state index is 4.40. The Balaban J connectivity index is 0.000000513. The molecule has 0 aliphatic rings. The Morgan fingerprint density at radius 1 is 0.968 bits per heavy atom. The van der Waals surface area contributed by atoms with Gasteiger partial charge in [0.15, 0.2) is 0 Å². The number of rotatable bonds is 5. The second kappa shape index (κ2) is 16.8. The van der Waals surface area contributed by atoms with E-state index in [1.165, 1.54) is 21.9 Å². The van der Waals surface area contributed by atoms with Crippen molar-refractivity contribution in [2.24, 2.45) is 9.98 Å². The molecule has 0 atom stereocenters. The van der Waals surface area contributed by atoms with Crippen molar-refractivity contribution in [3.05, 3.63) is 95.8 Å². The zero-order chi connectivity index (χ0) is 23.6. The van der Waals surface area contributed by atoms with Crippen molar-refractivity contribution in [1.29, 1.82) is 0 Å². The molecular weight excluding hydrogens is 376 g/mol. The van der Waals surface area contributed by atoms with Gasteiger partial charge in [0.2, 0.25) is 0 Å². The van der Waals surface area contributed by atoms with Crippen LogP contribution >= 0.6 is 0 Å². The van der Waals surface area contributed by atoms with E-state index in [0.717, 1.165) is 23.3 Å². The molecule has 2 rings (SSSR count). The number of nitrogens with zero attached hydrogens (tertiary/aromatic N) is 2. The maximum Gasteiger partial charge on any atom is 0.0395 e. The van der Waals surface area contributed by atoms with Crippen LogP contribution in [0.3, 0.4) is 0 Å². The molecule has 2 aromatic carbocycles. The Morgan fingerprint density at radius 3 is 2.06 bits per heavy atom. The first-order chi connectivity index (χ1) is 14.8. The van der Waals surface area contributed by atoms with Gasteiger partial charge in [0.25, 0.3) is 0 Å². The molecule has 0 saturated heterocycles. The van der Waals surface area contributed by atoms with Crippen LogP contribution in [0.15, 0.2) is 100 Å². The molecule has 0 unspecified atom stereocenters. The summed E-state index contributed by atoms with van der Waals surface area (Å²) < 4.78 is 0. The van der Waals surface area contributed by atoms with Gasteiger partial charge < -0.3 is 0 Å². The minimum Gasteiger partial charge on any atom is -0.296 e. The first-order valence-corrected chi connectivity index (χ1v) is 10.8. The lowest BCUT2D eigenvalue weighted by molar-refractivity contribution is 1.12. The first kappa shape index (κ1) is 28.0. The standard InChI is InChI=1S/C14H22N2.C11H10.C4H8/c1-7-13(9-15-6)14(8-2)10-16-12(5)11(3)4;1-9-6-7-10-4-2-3-5-11(10)8-9;1-3-4-2/h7,9-10H,3,8H2,1-2,4-6H3;2-8H,1H3;3-4H,1-2H3/b13-7+,14-10+,15-9?,16-12?;;4-3-. The third-order valence-electron chi connectivity index (χ3n) is 4.60. The molecule has 0 saturated carbocycles. The van der Waals surface area contributed by atoms with Gasteiger partial charge in [-0.05, 0) is 75.5 Å². The number of allylic oxidation sites excluding steroid dienone is 6. The average molecular weight is 417 g/mol. The molecule has 166 valence electrons. The summed E-state index contributed by atoms with van der Waals surface area (Å²) in [6.45, 7) is 18.0. The number of hydrogen-bond donors (Lipinski definition) is 0. The fourth-order valence-corrected chi connectivity index (χ4v) is 2.45. The second-order valence-corrected chi connectivity index (χ2v) is 7.15. The van der Waals surface area contributed by atoms with Gasteiger partial charge in [-0.1, -0.05) is 79.8 Å². The quantitative estimate of drug-likeness (QED) is 0.264. The molecule has 2 aromatic rings. The predicted octanol–water partition coefficient (Wildman–Crippen LogP) is 8.69. The number of benzene rings is 2. The van der Waals surface area contributed by atoms with Crippen molar-refractivity contribution in [2.75, 3.05) is 7.05 Å². The molecular formula is C29H40N2. The van der Waals surface area contributed by atoms with Gasteiger partial charge >= 0.3 is 0 Å². The number of fused-ring (bicyclic) bond motifs is 1. The summed E-state index contributed by atoms with van der Waals surface area (Å²) in [5.41, 5.74) is 5.60. The van der Waals surface area contributed by atoms with Crippen LogP contribution in [0.2, 0.25) is 0 Å². The molecule has 2 nitrogen and oxygen atoms in total. The Labute approximate surface area is 190 Å². The maximum absolute atomic E-state index is 4.40. The molecule has 0 aliphatic carbocycles. The van der Waals surface area contributed by atoms with Crippen LogP contribution in [-0.2, 0) is 0 Å². The fraction of sp³-hybridized carbons (Fsp3) is 0.310. The minimum atomic E-state index is 0.943. The topological polar surface area (TPSA) is 24.7 Å². The van der Waals surface area contributed by atoms with Crippen molar-refractivity contribution in [3.63, 3.8) is 0 Å². The Bertz CT molecular complexity index is 950. The summed E-state index contributed by atoms with van der Waals surface area (Å²) in [7, 11) is 1.78. The van der Waals surface area contributed by atoms with E-state index in [-0.39, 0.29) is 0 Å². The van der Waals surface area contributed by atoms with Crippen molar-refractivity contribution in [3.8, 4) is 0 Å². The normalized spacial score (nSPS) is 12.5. The van der Waals surface area contributed by atoms with Crippen LogP contribution in [-0.4, -0.2) is 19.0 Å². The molecule has 0 amide bonds. The van der Waals surface area contributed by atoms with Gasteiger partial charge in [-0.2, -0.15) is 0 Å². The van der Waals surface area contributed by atoms with Crippen LogP contribution in [0.4, 0.5) is 0 Å².